The van der Waals surface area contributed by atoms with E-state index in [0.29, 0.717) is 0 Å². The van der Waals surface area contributed by atoms with Gasteiger partial charge in [0.1, 0.15) is 0 Å². The molecule has 1 N–H and O–H groups in total. The smallest absolute Gasteiger partial charge is 0.0223 e. The molecule has 1 aliphatic rings. The summed E-state index contributed by atoms with van der Waals surface area (Å²) >= 11 is 0. The van der Waals surface area contributed by atoms with Gasteiger partial charge >= 0.3 is 0 Å². The molecule has 0 aliphatic heterocycles. The van der Waals surface area contributed by atoms with Crippen LogP contribution in [0.1, 0.15) is 39.5 Å². The summed E-state index contributed by atoms with van der Waals surface area (Å²) in [5, 5.41) is 3.68. The summed E-state index contributed by atoms with van der Waals surface area (Å²) in [6.45, 7) is 8.14. The third-order valence-electron chi connectivity index (χ3n) is 2.96. The summed E-state index contributed by atoms with van der Waals surface area (Å²) < 4.78 is 0. The minimum absolute atomic E-state index is 0.756. The largest absolute Gasteiger partial charge is 0.312 e. The van der Waals surface area contributed by atoms with E-state index in [1.165, 1.54) is 45.3 Å². The Morgan fingerprint density at radius 1 is 1.29 bits per heavy atom. The molecule has 2 heteroatoms. The maximum absolute atomic E-state index is 3.68. The molecule has 1 rings (SSSR count). The van der Waals surface area contributed by atoms with Crippen molar-refractivity contribution in [3.8, 4) is 0 Å². The van der Waals surface area contributed by atoms with Crippen molar-refractivity contribution in [2.45, 2.75) is 45.6 Å². The predicted octanol–water partition coefficient (Wildman–Crippen LogP) is 2.11. The lowest BCUT2D eigenvalue weighted by Crippen LogP contribution is -2.41. The van der Waals surface area contributed by atoms with Crippen molar-refractivity contribution in [1.82, 2.24) is 10.2 Å². The van der Waals surface area contributed by atoms with Crippen LogP contribution in [-0.4, -0.2) is 37.6 Å². The van der Waals surface area contributed by atoms with Gasteiger partial charge < -0.3 is 10.2 Å². The van der Waals surface area contributed by atoms with Gasteiger partial charge in [0.15, 0.2) is 0 Å². The molecule has 1 fully saturated rings. The molecule has 0 aromatic rings. The fourth-order valence-corrected chi connectivity index (χ4v) is 2.02. The van der Waals surface area contributed by atoms with Crippen LogP contribution in [0.2, 0.25) is 0 Å². The molecule has 84 valence electrons. The Morgan fingerprint density at radius 2 is 2.00 bits per heavy atom. The Hall–Kier alpha value is -0.0800. The van der Waals surface area contributed by atoms with Crippen molar-refractivity contribution in [2.75, 3.05) is 26.7 Å². The van der Waals surface area contributed by atoms with Crippen molar-refractivity contribution in [2.24, 2.45) is 5.92 Å². The molecule has 0 aromatic heterocycles. The van der Waals surface area contributed by atoms with Crippen LogP contribution in [0.4, 0.5) is 0 Å². The monoisotopic (exact) mass is 198 g/mol. The fraction of sp³-hybridized carbons (Fsp3) is 1.00. The third-order valence-corrected chi connectivity index (χ3v) is 2.96. The summed E-state index contributed by atoms with van der Waals surface area (Å²) in [6, 6.07) is 0.756. The highest BCUT2D eigenvalue weighted by Crippen LogP contribution is 2.32. The Balaban J connectivity index is 2.20. The van der Waals surface area contributed by atoms with Crippen LogP contribution in [0.15, 0.2) is 0 Å². The maximum Gasteiger partial charge on any atom is 0.0223 e. The number of hydrogen-bond acceptors (Lipinski definition) is 2. The first-order valence-electron chi connectivity index (χ1n) is 6.19. The van der Waals surface area contributed by atoms with E-state index < -0.39 is 0 Å². The first-order chi connectivity index (χ1) is 6.77. The summed E-state index contributed by atoms with van der Waals surface area (Å²) in [4.78, 5) is 2.46. The summed E-state index contributed by atoms with van der Waals surface area (Å²) in [5.74, 6) is 0.973. The van der Waals surface area contributed by atoms with Gasteiger partial charge in [-0.2, -0.15) is 0 Å². The molecule has 0 saturated heterocycles. The van der Waals surface area contributed by atoms with Crippen LogP contribution < -0.4 is 5.32 Å². The average molecular weight is 198 g/mol. The van der Waals surface area contributed by atoms with E-state index in [1.54, 1.807) is 0 Å². The molecule has 0 aromatic carbocycles. The summed E-state index contributed by atoms with van der Waals surface area (Å²) in [5.41, 5.74) is 0. The molecule has 14 heavy (non-hydrogen) atoms. The SMILES string of the molecule is CCCNC(CN(C)CCC)C1CC1. The van der Waals surface area contributed by atoms with Crippen molar-refractivity contribution in [1.29, 1.82) is 0 Å². The van der Waals surface area contributed by atoms with E-state index in [4.69, 9.17) is 0 Å². The van der Waals surface area contributed by atoms with E-state index >= 15 is 0 Å². The zero-order valence-corrected chi connectivity index (χ0v) is 10.1. The second-order valence-corrected chi connectivity index (χ2v) is 4.66. The van der Waals surface area contributed by atoms with Crippen molar-refractivity contribution in [3.63, 3.8) is 0 Å². The van der Waals surface area contributed by atoms with Crippen molar-refractivity contribution >= 4 is 0 Å². The molecule has 0 bridgehead atoms. The molecule has 2 nitrogen and oxygen atoms in total. The molecule has 0 radical (unpaired) electrons. The highest BCUT2D eigenvalue weighted by atomic mass is 15.1. The Labute approximate surface area is 89.1 Å². The molecule has 1 saturated carbocycles. The maximum atomic E-state index is 3.68. The average Bonchev–Trinajstić information content (AvgIpc) is 2.95. The van der Waals surface area contributed by atoms with E-state index in [0.717, 1.165) is 12.0 Å². The van der Waals surface area contributed by atoms with Crippen LogP contribution in [-0.2, 0) is 0 Å². The van der Waals surface area contributed by atoms with Crippen molar-refractivity contribution < 1.29 is 0 Å². The minimum Gasteiger partial charge on any atom is -0.312 e. The lowest BCUT2D eigenvalue weighted by atomic mass is 10.1. The second-order valence-electron chi connectivity index (χ2n) is 4.66. The van der Waals surface area contributed by atoms with Crippen LogP contribution >= 0.6 is 0 Å². The fourth-order valence-electron chi connectivity index (χ4n) is 2.02. The lowest BCUT2D eigenvalue weighted by Gasteiger charge is -2.24. The number of nitrogens with zero attached hydrogens (tertiary/aromatic N) is 1. The van der Waals surface area contributed by atoms with E-state index in [2.05, 4.69) is 31.1 Å². The zero-order valence-electron chi connectivity index (χ0n) is 10.1. The number of nitrogens with one attached hydrogen (secondary N) is 1. The highest BCUT2D eigenvalue weighted by Gasteiger charge is 2.30. The van der Waals surface area contributed by atoms with Gasteiger partial charge in [0, 0.05) is 12.6 Å². The standard InChI is InChI=1S/C12H26N2/c1-4-8-13-12(11-6-7-11)10-14(3)9-5-2/h11-13H,4-10H2,1-3H3. The van der Waals surface area contributed by atoms with E-state index in [1.807, 2.05) is 0 Å². The number of hydrogen-bond donors (Lipinski definition) is 1. The molecule has 0 heterocycles. The van der Waals surface area contributed by atoms with Crippen LogP contribution in [0.3, 0.4) is 0 Å². The number of likely N-dealkylation sites (N-methyl/N-ethyl adjacent to an activating group) is 1. The predicted molar refractivity (Wildman–Crippen MR) is 62.6 cm³/mol. The van der Waals surface area contributed by atoms with Gasteiger partial charge in [-0.15, -0.1) is 0 Å². The third kappa shape index (κ3) is 4.43. The van der Waals surface area contributed by atoms with Gasteiger partial charge in [0.25, 0.3) is 0 Å². The van der Waals surface area contributed by atoms with Crippen molar-refractivity contribution in [3.05, 3.63) is 0 Å². The molecular formula is C12H26N2. The summed E-state index contributed by atoms with van der Waals surface area (Å²) in [6.07, 6.45) is 5.41. The molecule has 1 aliphatic carbocycles. The highest BCUT2D eigenvalue weighted by molar-refractivity contribution is 4.87. The first-order valence-corrected chi connectivity index (χ1v) is 6.19. The van der Waals surface area contributed by atoms with Gasteiger partial charge in [-0.25, -0.2) is 0 Å². The van der Waals surface area contributed by atoms with Gasteiger partial charge in [-0.05, 0) is 51.7 Å². The Kier molecular flexibility index (Phi) is 5.49. The molecule has 1 atom stereocenters. The van der Waals surface area contributed by atoms with E-state index in [-0.39, 0.29) is 0 Å². The van der Waals surface area contributed by atoms with Gasteiger partial charge in [-0.1, -0.05) is 13.8 Å². The quantitative estimate of drug-likeness (QED) is 0.642. The summed E-state index contributed by atoms with van der Waals surface area (Å²) in [7, 11) is 2.24. The minimum atomic E-state index is 0.756. The lowest BCUT2D eigenvalue weighted by molar-refractivity contribution is 0.274. The van der Waals surface area contributed by atoms with Crippen LogP contribution in [0, 0.1) is 5.92 Å². The van der Waals surface area contributed by atoms with Crippen LogP contribution in [0.25, 0.3) is 0 Å². The normalized spacial score (nSPS) is 18.9. The molecule has 0 spiro atoms. The topological polar surface area (TPSA) is 15.3 Å². The second kappa shape index (κ2) is 6.41. The van der Waals surface area contributed by atoms with Gasteiger partial charge in [0.05, 0.1) is 0 Å². The Bertz CT molecular complexity index is 143. The van der Waals surface area contributed by atoms with Gasteiger partial charge in [0.2, 0.25) is 0 Å². The van der Waals surface area contributed by atoms with Crippen LogP contribution in [0.5, 0.6) is 0 Å². The Morgan fingerprint density at radius 3 is 2.50 bits per heavy atom. The number of rotatable bonds is 8. The molecule has 0 amide bonds. The first kappa shape index (κ1) is 12.0. The zero-order chi connectivity index (χ0) is 10.4. The molecule has 1 unspecified atom stereocenters. The van der Waals surface area contributed by atoms with Gasteiger partial charge in [-0.3, -0.25) is 0 Å². The molecular weight excluding hydrogens is 172 g/mol. The van der Waals surface area contributed by atoms with E-state index in [9.17, 15) is 0 Å².